The minimum atomic E-state index is 0.0938. The Hall–Kier alpha value is -1.68. The lowest BCUT2D eigenvalue weighted by molar-refractivity contribution is 0.602. The summed E-state index contributed by atoms with van der Waals surface area (Å²) in [5.41, 5.74) is 8.21. The second-order valence-electron chi connectivity index (χ2n) is 4.85. The second kappa shape index (κ2) is 3.96. The van der Waals surface area contributed by atoms with Crippen molar-refractivity contribution in [1.82, 2.24) is 15.0 Å². The lowest BCUT2D eigenvalue weighted by atomic mass is 10.1. The Morgan fingerprint density at radius 1 is 1.24 bits per heavy atom. The van der Waals surface area contributed by atoms with Gasteiger partial charge in [0.05, 0.1) is 17.6 Å². The van der Waals surface area contributed by atoms with Crippen molar-refractivity contribution in [2.75, 3.05) is 0 Å². The van der Waals surface area contributed by atoms with Gasteiger partial charge in [0.1, 0.15) is 0 Å². The molecule has 1 aromatic heterocycles. The fourth-order valence-electron chi connectivity index (χ4n) is 1.91. The van der Waals surface area contributed by atoms with Crippen molar-refractivity contribution in [3.63, 3.8) is 0 Å². The standard InChI is InChI=1S/C13H16N4/c14-13(8-9-13)7-6-11-10-17(16-15-11)12-4-2-1-3-5-12/h1-5,10H,6-9,14H2. The molecule has 0 unspecified atom stereocenters. The Bertz CT molecular complexity index is 499. The van der Waals surface area contributed by atoms with E-state index in [9.17, 15) is 0 Å². The second-order valence-corrected chi connectivity index (χ2v) is 4.85. The zero-order valence-corrected chi connectivity index (χ0v) is 9.71. The van der Waals surface area contributed by atoms with Crippen LogP contribution in [0.2, 0.25) is 0 Å². The molecule has 0 saturated heterocycles. The summed E-state index contributed by atoms with van der Waals surface area (Å²) in [6.07, 6.45) is 6.23. The zero-order chi connectivity index (χ0) is 11.7. The molecule has 4 heteroatoms. The number of aromatic nitrogens is 3. The SMILES string of the molecule is NC1(CCc2cn(-c3ccccc3)nn2)CC1. The van der Waals surface area contributed by atoms with E-state index in [4.69, 9.17) is 5.73 Å². The van der Waals surface area contributed by atoms with Gasteiger partial charge in [-0.25, -0.2) is 4.68 Å². The Morgan fingerprint density at radius 2 is 2.00 bits per heavy atom. The highest BCUT2D eigenvalue weighted by molar-refractivity contribution is 5.29. The van der Waals surface area contributed by atoms with Crippen LogP contribution >= 0.6 is 0 Å². The molecule has 17 heavy (non-hydrogen) atoms. The van der Waals surface area contributed by atoms with Crippen molar-refractivity contribution in [2.24, 2.45) is 5.73 Å². The van der Waals surface area contributed by atoms with E-state index in [-0.39, 0.29) is 5.54 Å². The van der Waals surface area contributed by atoms with E-state index in [0.717, 1.165) is 37.1 Å². The van der Waals surface area contributed by atoms with E-state index in [1.54, 1.807) is 0 Å². The number of benzene rings is 1. The molecule has 0 spiro atoms. The lowest BCUT2D eigenvalue weighted by Crippen LogP contribution is -2.22. The van der Waals surface area contributed by atoms with Gasteiger partial charge in [0, 0.05) is 5.54 Å². The third-order valence-electron chi connectivity index (χ3n) is 3.33. The molecule has 3 rings (SSSR count). The molecule has 0 atom stereocenters. The smallest absolute Gasteiger partial charge is 0.0832 e. The van der Waals surface area contributed by atoms with E-state index >= 15 is 0 Å². The minimum absolute atomic E-state index is 0.0938. The summed E-state index contributed by atoms with van der Waals surface area (Å²) in [6, 6.07) is 10.0. The molecule has 1 aromatic carbocycles. The normalized spacial score (nSPS) is 17.0. The monoisotopic (exact) mass is 228 g/mol. The predicted molar refractivity (Wildman–Crippen MR) is 65.8 cm³/mol. The van der Waals surface area contributed by atoms with Crippen LogP contribution in [0.1, 0.15) is 25.0 Å². The molecule has 1 aliphatic rings. The summed E-state index contributed by atoms with van der Waals surface area (Å²) in [6.45, 7) is 0. The summed E-state index contributed by atoms with van der Waals surface area (Å²) in [7, 11) is 0. The van der Waals surface area contributed by atoms with Crippen molar-refractivity contribution in [2.45, 2.75) is 31.2 Å². The van der Waals surface area contributed by atoms with Gasteiger partial charge in [-0.05, 0) is 37.8 Å². The topological polar surface area (TPSA) is 56.7 Å². The highest BCUT2D eigenvalue weighted by atomic mass is 15.4. The van der Waals surface area contributed by atoms with Gasteiger partial charge in [-0.2, -0.15) is 0 Å². The van der Waals surface area contributed by atoms with Gasteiger partial charge in [0.15, 0.2) is 0 Å². The molecule has 1 heterocycles. The molecule has 2 N–H and O–H groups in total. The van der Waals surface area contributed by atoms with Crippen LogP contribution < -0.4 is 5.73 Å². The van der Waals surface area contributed by atoms with E-state index in [0.29, 0.717) is 0 Å². The van der Waals surface area contributed by atoms with E-state index in [2.05, 4.69) is 10.3 Å². The first-order valence-corrected chi connectivity index (χ1v) is 6.01. The number of aryl methyl sites for hydroxylation is 1. The average molecular weight is 228 g/mol. The first kappa shape index (κ1) is 10.5. The van der Waals surface area contributed by atoms with E-state index in [1.807, 2.05) is 41.2 Å². The molecule has 0 bridgehead atoms. The van der Waals surface area contributed by atoms with Crippen LogP contribution in [-0.2, 0) is 6.42 Å². The largest absolute Gasteiger partial charge is 0.325 e. The van der Waals surface area contributed by atoms with Gasteiger partial charge in [-0.3, -0.25) is 0 Å². The lowest BCUT2D eigenvalue weighted by Gasteiger charge is -2.04. The summed E-state index contributed by atoms with van der Waals surface area (Å²) in [5, 5.41) is 8.31. The molecule has 1 saturated carbocycles. The van der Waals surface area contributed by atoms with Gasteiger partial charge < -0.3 is 5.73 Å². The first-order valence-electron chi connectivity index (χ1n) is 6.01. The highest BCUT2D eigenvalue weighted by Crippen LogP contribution is 2.36. The number of rotatable bonds is 4. The minimum Gasteiger partial charge on any atom is -0.325 e. The van der Waals surface area contributed by atoms with Gasteiger partial charge in [-0.1, -0.05) is 23.4 Å². The molecule has 4 nitrogen and oxygen atoms in total. The van der Waals surface area contributed by atoms with Crippen molar-refractivity contribution < 1.29 is 0 Å². The fraction of sp³-hybridized carbons (Fsp3) is 0.385. The van der Waals surface area contributed by atoms with Crippen LogP contribution in [0.3, 0.4) is 0 Å². The quantitative estimate of drug-likeness (QED) is 0.866. The van der Waals surface area contributed by atoms with Crippen molar-refractivity contribution in [1.29, 1.82) is 0 Å². The molecular weight excluding hydrogens is 212 g/mol. The van der Waals surface area contributed by atoms with Gasteiger partial charge in [0.25, 0.3) is 0 Å². The molecule has 88 valence electrons. The van der Waals surface area contributed by atoms with Crippen LogP contribution in [0.25, 0.3) is 5.69 Å². The van der Waals surface area contributed by atoms with Crippen LogP contribution in [-0.4, -0.2) is 20.5 Å². The predicted octanol–water partition coefficient (Wildman–Crippen LogP) is 1.69. The third-order valence-corrected chi connectivity index (χ3v) is 3.33. The number of hydrogen-bond donors (Lipinski definition) is 1. The van der Waals surface area contributed by atoms with Crippen LogP contribution in [0.15, 0.2) is 36.5 Å². The van der Waals surface area contributed by atoms with Crippen LogP contribution in [0, 0.1) is 0 Å². The fourth-order valence-corrected chi connectivity index (χ4v) is 1.91. The van der Waals surface area contributed by atoms with E-state index in [1.165, 1.54) is 0 Å². The third kappa shape index (κ3) is 2.36. The molecule has 0 radical (unpaired) electrons. The Balaban J connectivity index is 1.70. The number of nitrogens with two attached hydrogens (primary N) is 1. The van der Waals surface area contributed by atoms with Crippen LogP contribution in [0.5, 0.6) is 0 Å². The van der Waals surface area contributed by atoms with Crippen molar-refractivity contribution >= 4 is 0 Å². The Morgan fingerprint density at radius 3 is 2.71 bits per heavy atom. The summed E-state index contributed by atoms with van der Waals surface area (Å²) in [4.78, 5) is 0. The molecule has 0 aliphatic heterocycles. The average Bonchev–Trinajstić information content (AvgIpc) is 2.93. The number of para-hydroxylation sites is 1. The van der Waals surface area contributed by atoms with Gasteiger partial charge >= 0.3 is 0 Å². The van der Waals surface area contributed by atoms with Gasteiger partial charge in [-0.15, -0.1) is 5.10 Å². The Kier molecular flexibility index (Phi) is 2.44. The molecule has 0 amide bonds. The van der Waals surface area contributed by atoms with Crippen molar-refractivity contribution in [3.05, 3.63) is 42.2 Å². The molecule has 1 fully saturated rings. The highest BCUT2D eigenvalue weighted by Gasteiger charge is 2.37. The van der Waals surface area contributed by atoms with Gasteiger partial charge in [0.2, 0.25) is 0 Å². The molecular formula is C13H16N4. The summed E-state index contributed by atoms with van der Waals surface area (Å²) in [5.74, 6) is 0. The Labute approximate surface area is 100 Å². The van der Waals surface area contributed by atoms with Crippen LogP contribution in [0.4, 0.5) is 0 Å². The number of nitrogens with zero attached hydrogens (tertiary/aromatic N) is 3. The molecule has 2 aromatic rings. The van der Waals surface area contributed by atoms with Crippen molar-refractivity contribution in [3.8, 4) is 5.69 Å². The number of hydrogen-bond acceptors (Lipinski definition) is 3. The summed E-state index contributed by atoms with van der Waals surface area (Å²) < 4.78 is 1.81. The summed E-state index contributed by atoms with van der Waals surface area (Å²) >= 11 is 0. The molecule has 1 aliphatic carbocycles. The maximum atomic E-state index is 6.06. The maximum absolute atomic E-state index is 6.06. The van der Waals surface area contributed by atoms with E-state index < -0.39 is 0 Å². The first-order chi connectivity index (χ1) is 8.25. The maximum Gasteiger partial charge on any atom is 0.0832 e. The zero-order valence-electron chi connectivity index (χ0n) is 9.71.